The second-order valence-corrected chi connectivity index (χ2v) is 8.86. The van der Waals surface area contributed by atoms with Crippen molar-refractivity contribution >= 4 is 5.91 Å². The Balaban J connectivity index is 1.31. The number of hydrogen-bond acceptors (Lipinski definition) is 5. The van der Waals surface area contributed by atoms with E-state index in [9.17, 15) is 4.79 Å². The zero-order valence-corrected chi connectivity index (χ0v) is 18.4. The quantitative estimate of drug-likeness (QED) is 0.771. The average molecular weight is 425 g/mol. The number of nitrogens with zero attached hydrogens (tertiary/aromatic N) is 3. The van der Waals surface area contributed by atoms with Crippen molar-refractivity contribution < 1.29 is 14.3 Å². The number of carbonyl (C=O) groups is 1. The first kappa shape index (κ1) is 20.4. The lowest BCUT2D eigenvalue weighted by Crippen LogP contribution is -2.38. The van der Waals surface area contributed by atoms with E-state index in [1.807, 2.05) is 17.0 Å². The molecule has 1 aliphatic carbocycles. The molecule has 31 heavy (non-hydrogen) atoms. The second kappa shape index (κ2) is 8.91. The first-order valence-corrected chi connectivity index (χ1v) is 11.7. The maximum Gasteiger partial charge on any atom is 0.274 e. The van der Waals surface area contributed by atoms with E-state index in [0.29, 0.717) is 18.5 Å². The summed E-state index contributed by atoms with van der Waals surface area (Å²) in [5.41, 5.74) is 4.31. The molecule has 7 heteroatoms. The lowest BCUT2D eigenvalue weighted by Gasteiger charge is -2.28. The zero-order chi connectivity index (χ0) is 21.2. The summed E-state index contributed by atoms with van der Waals surface area (Å²) in [6, 6.07) is 6.45. The van der Waals surface area contributed by atoms with Crippen LogP contribution < -0.4 is 14.8 Å². The van der Waals surface area contributed by atoms with Crippen LogP contribution in [-0.2, 0) is 25.9 Å². The van der Waals surface area contributed by atoms with E-state index in [4.69, 9.17) is 14.6 Å². The molecule has 0 bridgehead atoms. The van der Waals surface area contributed by atoms with Crippen LogP contribution in [0.3, 0.4) is 0 Å². The first-order valence-electron chi connectivity index (χ1n) is 11.7. The summed E-state index contributed by atoms with van der Waals surface area (Å²) in [7, 11) is 0. The minimum absolute atomic E-state index is 0.127. The lowest BCUT2D eigenvalue weighted by atomic mass is 9.90. The molecule has 0 unspecified atom stereocenters. The van der Waals surface area contributed by atoms with E-state index in [1.54, 1.807) is 0 Å². The van der Waals surface area contributed by atoms with Gasteiger partial charge in [0.15, 0.2) is 17.2 Å². The van der Waals surface area contributed by atoms with Gasteiger partial charge in [0.25, 0.3) is 5.91 Å². The van der Waals surface area contributed by atoms with E-state index < -0.39 is 0 Å². The Bertz CT molecular complexity index is 949. The van der Waals surface area contributed by atoms with Crippen LogP contribution in [0.15, 0.2) is 18.2 Å². The summed E-state index contributed by atoms with van der Waals surface area (Å²) in [6.07, 6.45) is 7.33. The number of rotatable bonds is 6. The van der Waals surface area contributed by atoms with E-state index in [2.05, 4.69) is 23.0 Å². The van der Waals surface area contributed by atoms with Crippen molar-refractivity contribution in [2.24, 2.45) is 0 Å². The van der Waals surface area contributed by atoms with Crippen LogP contribution in [-0.4, -0.2) is 46.5 Å². The molecule has 1 aromatic carbocycles. The molecule has 3 aliphatic rings. The largest absolute Gasteiger partial charge is 0.454 e. The van der Waals surface area contributed by atoms with E-state index >= 15 is 0 Å². The molecule has 1 N–H and O–H groups in total. The third kappa shape index (κ3) is 4.15. The van der Waals surface area contributed by atoms with Gasteiger partial charge < -0.3 is 19.7 Å². The molecule has 1 aromatic heterocycles. The molecule has 0 spiro atoms. The molecule has 1 saturated heterocycles. The van der Waals surface area contributed by atoms with Crippen molar-refractivity contribution in [3.63, 3.8) is 0 Å². The fourth-order valence-electron chi connectivity index (χ4n) is 4.99. The zero-order valence-electron chi connectivity index (χ0n) is 18.4. The van der Waals surface area contributed by atoms with Crippen LogP contribution in [0.1, 0.15) is 66.3 Å². The minimum Gasteiger partial charge on any atom is -0.454 e. The molecule has 1 amide bonds. The Morgan fingerprint density at radius 2 is 2.03 bits per heavy atom. The lowest BCUT2D eigenvalue weighted by molar-refractivity contribution is 0.0716. The van der Waals surface area contributed by atoms with Gasteiger partial charge in [-0.15, -0.1) is 0 Å². The number of aryl methyl sites for hydroxylation is 1. The van der Waals surface area contributed by atoms with Gasteiger partial charge >= 0.3 is 0 Å². The smallest absolute Gasteiger partial charge is 0.274 e. The Labute approximate surface area is 183 Å². The minimum atomic E-state index is 0.127. The number of ether oxygens (including phenoxy) is 2. The summed E-state index contributed by atoms with van der Waals surface area (Å²) in [5, 5.41) is 8.51. The Hall–Kier alpha value is -2.54. The monoisotopic (exact) mass is 424 g/mol. The molecule has 1 fully saturated rings. The Morgan fingerprint density at radius 3 is 2.87 bits per heavy atom. The molecule has 166 valence electrons. The van der Waals surface area contributed by atoms with Gasteiger partial charge in [-0.3, -0.25) is 9.48 Å². The molecule has 2 aromatic rings. The fourth-order valence-corrected chi connectivity index (χ4v) is 4.99. The number of benzene rings is 1. The maximum atomic E-state index is 13.3. The van der Waals surface area contributed by atoms with Crippen molar-refractivity contribution in [3.8, 4) is 11.5 Å². The van der Waals surface area contributed by atoms with E-state index in [-0.39, 0.29) is 5.91 Å². The fraction of sp³-hybridized carbons (Fsp3) is 0.583. The number of amides is 1. The molecule has 7 nitrogen and oxygen atoms in total. The molecular formula is C24H32N4O3. The molecule has 2 aliphatic heterocycles. The van der Waals surface area contributed by atoms with Crippen LogP contribution >= 0.6 is 0 Å². The summed E-state index contributed by atoms with van der Waals surface area (Å²) in [4.78, 5) is 15.3. The Kier molecular flexibility index (Phi) is 5.85. The number of aromatic nitrogens is 2. The molecule has 3 heterocycles. The number of hydrogen-bond donors (Lipinski definition) is 1. The van der Waals surface area contributed by atoms with Gasteiger partial charge in [0.2, 0.25) is 6.79 Å². The average Bonchev–Trinajstić information content (AvgIpc) is 3.42. The third-order valence-corrected chi connectivity index (χ3v) is 6.66. The molecule has 5 rings (SSSR count). The number of carbonyl (C=O) groups excluding carboxylic acids is 1. The number of likely N-dealkylation sites (tertiary alicyclic amines) is 1. The summed E-state index contributed by atoms with van der Waals surface area (Å²) >= 11 is 0. The molecule has 0 radical (unpaired) electrons. The number of piperidine rings is 1. The van der Waals surface area contributed by atoms with Gasteiger partial charge in [-0.05, 0) is 62.6 Å². The van der Waals surface area contributed by atoms with Crippen LogP contribution in [0.2, 0.25) is 0 Å². The van der Waals surface area contributed by atoms with Gasteiger partial charge in [-0.25, -0.2) is 0 Å². The van der Waals surface area contributed by atoms with Crippen LogP contribution in [0.5, 0.6) is 11.5 Å². The van der Waals surface area contributed by atoms with Crippen molar-refractivity contribution in [1.82, 2.24) is 20.0 Å². The second-order valence-electron chi connectivity index (χ2n) is 8.86. The van der Waals surface area contributed by atoms with Gasteiger partial charge in [-0.1, -0.05) is 13.0 Å². The molecule has 0 saturated carbocycles. The van der Waals surface area contributed by atoms with E-state index in [0.717, 1.165) is 76.2 Å². The van der Waals surface area contributed by atoms with Crippen molar-refractivity contribution in [3.05, 3.63) is 40.7 Å². The van der Waals surface area contributed by atoms with Crippen molar-refractivity contribution in [2.75, 3.05) is 19.9 Å². The van der Waals surface area contributed by atoms with Gasteiger partial charge in [0.05, 0.1) is 0 Å². The van der Waals surface area contributed by atoms with Gasteiger partial charge in [0, 0.05) is 43.5 Å². The van der Waals surface area contributed by atoms with Crippen molar-refractivity contribution in [1.29, 1.82) is 0 Å². The van der Waals surface area contributed by atoms with E-state index in [1.165, 1.54) is 23.2 Å². The normalized spacial score (nSPS) is 20.0. The summed E-state index contributed by atoms with van der Waals surface area (Å²) in [6.45, 7) is 5.84. The standard InChI is InChI=1S/C24H32N4O3/c1-2-10-28-20-8-7-18(25-15-17-6-9-21-22(13-17)31-16-30-21)14-19(20)23(26-28)24(29)27-11-4-3-5-12-27/h6,9,13,18,25H,2-5,7-8,10-12,14-16H2,1H3/t18-/m0/s1. The highest BCUT2D eigenvalue weighted by atomic mass is 16.7. The molecule has 1 atom stereocenters. The Morgan fingerprint density at radius 1 is 1.19 bits per heavy atom. The first-order chi connectivity index (χ1) is 15.2. The number of nitrogens with one attached hydrogen (secondary N) is 1. The van der Waals surface area contributed by atoms with Crippen LogP contribution in [0.4, 0.5) is 0 Å². The third-order valence-electron chi connectivity index (χ3n) is 6.66. The van der Waals surface area contributed by atoms with Crippen LogP contribution in [0.25, 0.3) is 0 Å². The van der Waals surface area contributed by atoms with Crippen molar-refractivity contribution in [2.45, 2.75) is 71.0 Å². The predicted molar refractivity (Wildman–Crippen MR) is 117 cm³/mol. The highest BCUT2D eigenvalue weighted by Crippen LogP contribution is 2.33. The van der Waals surface area contributed by atoms with Gasteiger partial charge in [0.1, 0.15) is 0 Å². The maximum absolute atomic E-state index is 13.3. The predicted octanol–water partition coefficient (Wildman–Crippen LogP) is 3.30. The SMILES string of the molecule is CCCn1nc(C(=O)N2CCCCC2)c2c1CC[C@H](NCc1ccc3c(c1)OCO3)C2. The summed E-state index contributed by atoms with van der Waals surface area (Å²) in [5.74, 6) is 1.76. The molecular weight excluding hydrogens is 392 g/mol. The highest BCUT2D eigenvalue weighted by molar-refractivity contribution is 5.94. The topological polar surface area (TPSA) is 68.6 Å². The summed E-state index contributed by atoms with van der Waals surface area (Å²) < 4.78 is 13.0. The number of fused-ring (bicyclic) bond motifs is 2. The van der Waals surface area contributed by atoms with Crippen LogP contribution in [0, 0.1) is 0 Å². The highest BCUT2D eigenvalue weighted by Gasteiger charge is 2.31. The van der Waals surface area contributed by atoms with Gasteiger partial charge in [-0.2, -0.15) is 5.10 Å².